The maximum absolute atomic E-state index is 12.2. The molecule has 10 heteroatoms. The van der Waals surface area contributed by atoms with Gasteiger partial charge in [-0.2, -0.15) is 5.26 Å². The third-order valence-electron chi connectivity index (χ3n) is 3.87. The summed E-state index contributed by atoms with van der Waals surface area (Å²) >= 11 is 3.00. The highest BCUT2D eigenvalue weighted by Crippen LogP contribution is 2.25. The van der Waals surface area contributed by atoms with Gasteiger partial charge in [0.05, 0.1) is 12.1 Å². The minimum Gasteiger partial charge on any atom is -0.353 e. The first-order chi connectivity index (χ1) is 12.7. The molecule has 1 N–H and O–H groups in total. The highest BCUT2D eigenvalue weighted by molar-refractivity contribution is 8.01. The van der Waals surface area contributed by atoms with E-state index in [2.05, 4.69) is 43.3 Å². The van der Waals surface area contributed by atoms with Crippen LogP contribution >= 0.6 is 23.1 Å². The summed E-state index contributed by atoms with van der Waals surface area (Å²) in [6.45, 7) is 5.31. The number of carbonyl (C=O) groups excluding carboxylic acids is 1. The second-order valence-electron chi connectivity index (χ2n) is 5.60. The molecule has 0 spiro atoms. The van der Waals surface area contributed by atoms with Gasteiger partial charge in [0, 0.05) is 32.4 Å². The number of anilines is 2. The molecule has 0 saturated carbocycles. The molecule has 0 atom stereocenters. The molecule has 8 nitrogen and oxygen atoms in total. The highest BCUT2D eigenvalue weighted by Gasteiger charge is 2.22. The van der Waals surface area contributed by atoms with Crippen molar-refractivity contribution >= 4 is 40.0 Å². The summed E-state index contributed by atoms with van der Waals surface area (Å²) in [5, 5.41) is 20.6. The second-order valence-corrected chi connectivity index (χ2v) is 8.09. The van der Waals surface area contributed by atoms with Crippen molar-refractivity contribution in [1.82, 2.24) is 20.1 Å². The number of pyridine rings is 1. The van der Waals surface area contributed by atoms with Crippen LogP contribution < -0.4 is 10.2 Å². The molecule has 136 valence electrons. The van der Waals surface area contributed by atoms with Gasteiger partial charge in [0.25, 0.3) is 0 Å². The number of nitrogens with zero attached hydrogens (tertiary/aromatic N) is 6. The van der Waals surface area contributed by atoms with Crippen LogP contribution in [0.15, 0.2) is 22.7 Å². The van der Waals surface area contributed by atoms with Crippen LogP contribution in [-0.4, -0.2) is 64.5 Å². The molecule has 3 heterocycles. The van der Waals surface area contributed by atoms with E-state index in [0.717, 1.165) is 36.3 Å². The van der Waals surface area contributed by atoms with Crippen LogP contribution in [0.5, 0.6) is 0 Å². The molecule has 0 radical (unpaired) electrons. The third kappa shape index (κ3) is 4.69. The molecule has 2 aromatic rings. The largest absolute Gasteiger partial charge is 0.353 e. The number of nitriles is 1. The smallest absolute Gasteiger partial charge is 0.240 e. The van der Waals surface area contributed by atoms with Crippen molar-refractivity contribution in [3.8, 4) is 6.07 Å². The van der Waals surface area contributed by atoms with Crippen LogP contribution in [0.2, 0.25) is 0 Å². The maximum Gasteiger partial charge on any atom is 0.240 e. The van der Waals surface area contributed by atoms with Crippen LogP contribution in [0.25, 0.3) is 0 Å². The number of piperazine rings is 1. The lowest BCUT2D eigenvalue weighted by Gasteiger charge is -2.35. The van der Waals surface area contributed by atoms with E-state index in [4.69, 9.17) is 0 Å². The fourth-order valence-electron chi connectivity index (χ4n) is 2.66. The molecule has 1 aliphatic rings. The van der Waals surface area contributed by atoms with E-state index in [1.54, 1.807) is 30.1 Å². The number of aromatic nitrogens is 3. The van der Waals surface area contributed by atoms with E-state index in [0.29, 0.717) is 23.1 Å². The average molecular weight is 390 g/mol. The van der Waals surface area contributed by atoms with E-state index in [9.17, 15) is 10.1 Å². The molecule has 26 heavy (non-hydrogen) atoms. The van der Waals surface area contributed by atoms with Gasteiger partial charge in [-0.3, -0.25) is 15.0 Å². The van der Waals surface area contributed by atoms with Crippen LogP contribution in [0.1, 0.15) is 12.5 Å². The van der Waals surface area contributed by atoms with Gasteiger partial charge in [-0.1, -0.05) is 30.0 Å². The van der Waals surface area contributed by atoms with Crippen LogP contribution in [0.4, 0.5) is 10.9 Å². The van der Waals surface area contributed by atoms with E-state index in [1.165, 1.54) is 11.3 Å². The molecule has 1 saturated heterocycles. The van der Waals surface area contributed by atoms with E-state index >= 15 is 0 Å². The van der Waals surface area contributed by atoms with Gasteiger partial charge >= 0.3 is 0 Å². The Hall–Kier alpha value is -2.22. The van der Waals surface area contributed by atoms with Crippen molar-refractivity contribution in [3.05, 3.63) is 23.9 Å². The SMILES string of the molecule is CCSc1nnc(NC(=O)CN2CCN(c3ncccc3C#N)CC2)s1. The van der Waals surface area contributed by atoms with Crippen molar-refractivity contribution in [1.29, 1.82) is 5.26 Å². The molecule has 0 unspecified atom stereocenters. The number of thioether (sulfide) groups is 1. The molecule has 1 amide bonds. The van der Waals surface area contributed by atoms with Gasteiger partial charge in [0.1, 0.15) is 11.9 Å². The van der Waals surface area contributed by atoms with Gasteiger partial charge in [0.15, 0.2) is 4.34 Å². The van der Waals surface area contributed by atoms with Crippen molar-refractivity contribution in [3.63, 3.8) is 0 Å². The number of rotatable bonds is 6. The zero-order chi connectivity index (χ0) is 18.4. The van der Waals surface area contributed by atoms with Crippen molar-refractivity contribution in [2.75, 3.05) is 48.7 Å². The fourth-order valence-corrected chi connectivity index (χ4v) is 4.32. The number of amides is 1. The molecule has 0 bridgehead atoms. The lowest BCUT2D eigenvalue weighted by Crippen LogP contribution is -2.49. The maximum atomic E-state index is 12.2. The molecular weight excluding hydrogens is 370 g/mol. The Morgan fingerprint density at radius 1 is 1.38 bits per heavy atom. The Labute approximate surface area is 160 Å². The van der Waals surface area contributed by atoms with Crippen molar-refractivity contribution in [2.45, 2.75) is 11.3 Å². The first-order valence-electron chi connectivity index (χ1n) is 8.28. The number of hydrogen-bond donors (Lipinski definition) is 1. The fraction of sp³-hybridized carbons (Fsp3) is 0.438. The minimum atomic E-state index is -0.0850. The molecule has 3 rings (SSSR count). The lowest BCUT2D eigenvalue weighted by molar-refractivity contribution is -0.117. The summed E-state index contributed by atoms with van der Waals surface area (Å²) in [5.74, 6) is 1.56. The van der Waals surface area contributed by atoms with Crippen LogP contribution in [-0.2, 0) is 4.79 Å². The molecule has 1 aliphatic heterocycles. The number of nitrogens with one attached hydrogen (secondary N) is 1. The van der Waals surface area contributed by atoms with Gasteiger partial charge in [-0.05, 0) is 17.9 Å². The molecule has 0 aromatic carbocycles. The lowest BCUT2D eigenvalue weighted by atomic mass is 10.2. The average Bonchev–Trinajstić information content (AvgIpc) is 3.09. The molecular formula is C16H19N7OS2. The Morgan fingerprint density at radius 2 is 2.19 bits per heavy atom. The highest BCUT2D eigenvalue weighted by atomic mass is 32.2. The summed E-state index contributed by atoms with van der Waals surface area (Å²) in [7, 11) is 0. The Morgan fingerprint density at radius 3 is 2.92 bits per heavy atom. The monoisotopic (exact) mass is 389 g/mol. The Kier molecular flexibility index (Phi) is 6.38. The van der Waals surface area contributed by atoms with Crippen LogP contribution in [0.3, 0.4) is 0 Å². The topological polar surface area (TPSA) is 98.0 Å². The molecule has 0 aliphatic carbocycles. The Balaban J connectivity index is 1.49. The van der Waals surface area contributed by atoms with Crippen molar-refractivity contribution < 1.29 is 4.79 Å². The van der Waals surface area contributed by atoms with Gasteiger partial charge in [0.2, 0.25) is 11.0 Å². The summed E-state index contributed by atoms with van der Waals surface area (Å²) < 4.78 is 0.861. The van der Waals surface area contributed by atoms with E-state index < -0.39 is 0 Å². The summed E-state index contributed by atoms with van der Waals surface area (Å²) in [5.41, 5.74) is 0.579. The van der Waals surface area contributed by atoms with E-state index in [-0.39, 0.29) is 5.91 Å². The summed E-state index contributed by atoms with van der Waals surface area (Å²) in [6, 6.07) is 5.72. The second kappa shape index (κ2) is 8.93. The first kappa shape index (κ1) is 18.6. The number of carbonyl (C=O) groups is 1. The Bertz CT molecular complexity index is 796. The van der Waals surface area contributed by atoms with Crippen molar-refractivity contribution in [2.24, 2.45) is 0 Å². The third-order valence-corrected chi connectivity index (χ3v) is 5.72. The summed E-state index contributed by atoms with van der Waals surface area (Å²) in [4.78, 5) is 20.7. The number of hydrogen-bond acceptors (Lipinski definition) is 9. The standard InChI is InChI=1S/C16H19N7OS2/c1-2-25-16-21-20-15(26-16)19-13(24)11-22-6-8-23(9-7-22)14-12(10-17)4-3-5-18-14/h3-5H,2,6-9,11H2,1H3,(H,19,20,24). The quantitative estimate of drug-likeness (QED) is 0.589. The van der Waals surface area contributed by atoms with Gasteiger partial charge in [-0.15, -0.1) is 10.2 Å². The van der Waals surface area contributed by atoms with E-state index in [1.807, 2.05) is 0 Å². The van der Waals surface area contributed by atoms with Gasteiger partial charge in [-0.25, -0.2) is 4.98 Å². The predicted molar refractivity (Wildman–Crippen MR) is 103 cm³/mol. The zero-order valence-electron chi connectivity index (χ0n) is 14.4. The first-order valence-corrected chi connectivity index (χ1v) is 10.1. The minimum absolute atomic E-state index is 0.0850. The van der Waals surface area contributed by atoms with Gasteiger partial charge < -0.3 is 4.90 Å². The molecule has 1 fully saturated rings. The normalized spacial score (nSPS) is 14.8. The van der Waals surface area contributed by atoms with Crippen LogP contribution in [0, 0.1) is 11.3 Å². The zero-order valence-corrected chi connectivity index (χ0v) is 16.0. The predicted octanol–water partition coefficient (Wildman–Crippen LogP) is 1.68. The summed E-state index contributed by atoms with van der Waals surface area (Å²) in [6.07, 6.45) is 1.70. The molecule has 2 aromatic heterocycles.